The van der Waals surface area contributed by atoms with Crippen molar-refractivity contribution in [1.82, 2.24) is 10.1 Å². The Bertz CT molecular complexity index is 657. The standard InChI is InChI=1S/C16H18N2O4/c1-10-13(11(2)22-17-10)16(20)21-14(15(19)18(3)4)12-8-6-5-7-9-12/h5-9,14H,1-4H3/t14-/m0/s1. The molecule has 0 radical (unpaired) electrons. The first-order valence-corrected chi connectivity index (χ1v) is 6.81. The van der Waals surface area contributed by atoms with E-state index in [2.05, 4.69) is 5.16 Å². The number of nitrogens with zero attached hydrogens (tertiary/aromatic N) is 2. The van der Waals surface area contributed by atoms with Gasteiger partial charge in [-0.3, -0.25) is 4.79 Å². The first-order valence-electron chi connectivity index (χ1n) is 6.81. The number of esters is 1. The van der Waals surface area contributed by atoms with Crippen LogP contribution in [0.5, 0.6) is 0 Å². The molecule has 1 atom stereocenters. The van der Waals surface area contributed by atoms with Crippen LogP contribution in [-0.4, -0.2) is 36.0 Å². The average molecular weight is 302 g/mol. The Morgan fingerprint density at radius 3 is 2.32 bits per heavy atom. The number of carbonyl (C=O) groups is 2. The molecule has 1 aromatic carbocycles. The van der Waals surface area contributed by atoms with Crippen molar-refractivity contribution >= 4 is 11.9 Å². The van der Waals surface area contributed by atoms with E-state index in [0.29, 0.717) is 17.0 Å². The van der Waals surface area contributed by atoms with Crippen molar-refractivity contribution in [2.24, 2.45) is 0 Å². The van der Waals surface area contributed by atoms with Gasteiger partial charge in [0.05, 0.1) is 5.69 Å². The Morgan fingerprint density at radius 1 is 1.18 bits per heavy atom. The van der Waals surface area contributed by atoms with Gasteiger partial charge in [-0.2, -0.15) is 0 Å². The lowest BCUT2D eigenvalue weighted by atomic mass is 10.1. The maximum Gasteiger partial charge on any atom is 0.344 e. The van der Waals surface area contributed by atoms with Crippen LogP contribution in [0.4, 0.5) is 0 Å². The highest BCUT2D eigenvalue weighted by molar-refractivity contribution is 5.94. The van der Waals surface area contributed by atoms with E-state index in [4.69, 9.17) is 9.26 Å². The number of benzene rings is 1. The van der Waals surface area contributed by atoms with E-state index in [-0.39, 0.29) is 11.5 Å². The second-order valence-corrected chi connectivity index (χ2v) is 5.13. The van der Waals surface area contributed by atoms with Crippen LogP contribution in [0.3, 0.4) is 0 Å². The molecule has 0 saturated heterocycles. The fraction of sp³-hybridized carbons (Fsp3) is 0.312. The fourth-order valence-corrected chi connectivity index (χ4v) is 2.06. The maximum atomic E-state index is 12.4. The zero-order valence-corrected chi connectivity index (χ0v) is 13.0. The predicted octanol–water partition coefficient (Wildman–Crippen LogP) is 2.28. The van der Waals surface area contributed by atoms with Crippen LogP contribution >= 0.6 is 0 Å². The molecule has 2 rings (SSSR count). The Labute approximate surface area is 128 Å². The molecule has 0 fully saturated rings. The normalized spacial score (nSPS) is 11.8. The van der Waals surface area contributed by atoms with E-state index in [0.717, 1.165) is 0 Å². The van der Waals surface area contributed by atoms with Gasteiger partial charge in [0.1, 0.15) is 11.3 Å². The van der Waals surface area contributed by atoms with Crippen LogP contribution < -0.4 is 0 Å². The van der Waals surface area contributed by atoms with Gasteiger partial charge in [0.25, 0.3) is 5.91 Å². The second kappa shape index (κ2) is 6.43. The quantitative estimate of drug-likeness (QED) is 0.810. The third-order valence-corrected chi connectivity index (χ3v) is 3.23. The molecule has 0 aliphatic carbocycles. The summed E-state index contributed by atoms with van der Waals surface area (Å²) in [6.07, 6.45) is -1.00. The van der Waals surface area contributed by atoms with Crippen molar-refractivity contribution in [1.29, 1.82) is 0 Å². The summed E-state index contributed by atoms with van der Waals surface area (Å²) in [5.41, 5.74) is 1.31. The topological polar surface area (TPSA) is 72.6 Å². The molecule has 0 saturated carbocycles. The minimum Gasteiger partial charge on any atom is -0.444 e. The summed E-state index contributed by atoms with van der Waals surface area (Å²) in [7, 11) is 3.23. The highest BCUT2D eigenvalue weighted by Crippen LogP contribution is 2.23. The van der Waals surface area contributed by atoms with Crippen LogP contribution in [0.1, 0.15) is 33.5 Å². The summed E-state index contributed by atoms with van der Waals surface area (Å²) in [6.45, 7) is 3.28. The predicted molar refractivity (Wildman–Crippen MR) is 79.3 cm³/mol. The number of amides is 1. The Hall–Kier alpha value is -2.63. The van der Waals surface area contributed by atoms with E-state index in [9.17, 15) is 9.59 Å². The number of ether oxygens (including phenoxy) is 1. The molecule has 22 heavy (non-hydrogen) atoms. The SMILES string of the molecule is Cc1noc(C)c1C(=O)O[C@H](C(=O)N(C)C)c1ccccc1. The van der Waals surface area contributed by atoms with Gasteiger partial charge in [-0.1, -0.05) is 35.5 Å². The van der Waals surface area contributed by atoms with Gasteiger partial charge in [-0.15, -0.1) is 0 Å². The molecule has 6 heteroatoms. The molecule has 1 aromatic heterocycles. The number of hydrogen-bond acceptors (Lipinski definition) is 5. The number of carbonyl (C=O) groups excluding carboxylic acids is 2. The maximum absolute atomic E-state index is 12.4. The van der Waals surface area contributed by atoms with Crippen molar-refractivity contribution in [2.45, 2.75) is 20.0 Å². The average Bonchev–Trinajstić information content (AvgIpc) is 2.83. The van der Waals surface area contributed by atoms with Crippen LogP contribution in [0.2, 0.25) is 0 Å². The number of rotatable bonds is 4. The fourth-order valence-electron chi connectivity index (χ4n) is 2.06. The molecular weight excluding hydrogens is 284 g/mol. The monoisotopic (exact) mass is 302 g/mol. The smallest absolute Gasteiger partial charge is 0.344 e. The van der Waals surface area contributed by atoms with Gasteiger partial charge in [-0.05, 0) is 13.8 Å². The van der Waals surface area contributed by atoms with Crippen molar-refractivity contribution in [3.8, 4) is 0 Å². The minimum absolute atomic E-state index is 0.257. The Balaban J connectivity index is 2.31. The lowest BCUT2D eigenvalue weighted by Gasteiger charge is -2.21. The van der Waals surface area contributed by atoms with E-state index in [1.54, 1.807) is 52.2 Å². The first kappa shape index (κ1) is 15.8. The summed E-state index contributed by atoms with van der Waals surface area (Å²) >= 11 is 0. The second-order valence-electron chi connectivity index (χ2n) is 5.13. The van der Waals surface area contributed by atoms with Gasteiger partial charge in [0, 0.05) is 19.7 Å². The third kappa shape index (κ3) is 3.16. The molecule has 116 valence electrons. The Morgan fingerprint density at radius 2 is 1.82 bits per heavy atom. The van der Waals surface area contributed by atoms with Gasteiger partial charge in [-0.25, -0.2) is 4.79 Å². The molecule has 0 aliphatic rings. The molecule has 2 aromatic rings. The largest absolute Gasteiger partial charge is 0.444 e. The van der Waals surface area contributed by atoms with Gasteiger partial charge in [0.2, 0.25) is 6.10 Å². The van der Waals surface area contributed by atoms with Gasteiger partial charge in [0.15, 0.2) is 0 Å². The van der Waals surface area contributed by atoms with E-state index in [1.807, 2.05) is 6.07 Å². The number of likely N-dealkylation sites (N-methyl/N-ethyl adjacent to an activating group) is 1. The minimum atomic E-state index is -1.00. The molecule has 0 N–H and O–H groups in total. The lowest BCUT2D eigenvalue weighted by Crippen LogP contribution is -2.31. The van der Waals surface area contributed by atoms with Gasteiger partial charge < -0.3 is 14.2 Å². The van der Waals surface area contributed by atoms with E-state index in [1.165, 1.54) is 4.90 Å². The summed E-state index contributed by atoms with van der Waals surface area (Å²) in [5, 5.41) is 3.73. The van der Waals surface area contributed by atoms with Crippen molar-refractivity contribution in [2.75, 3.05) is 14.1 Å². The molecule has 0 spiro atoms. The van der Waals surface area contributed by atoms with Crippen molar-refractivity contribution in [3.63, 3.8) is 0 Å². The van der Waals surface area contributed by atoms with Gasteiger partial charge >= 0.3 is 5.97 Å². The third-order valence-electron chi connectivity index (χ3n) is 3.23. The molecule has 0 bridgehead atoms. The molecular formula is C16H18N2O4. The van der Waals surface area contributed by atoms with Crippen LogP contribution in [0, 0.1) is 13.8 Å². The molecule has 0 aliphatic heterocycles. The Kier molecular flexibility index (Phi) is 4.60. The van der Waals surface area contributed by atoms with Crippen LogP contribution in [0.25, 0.3) is 0 Å². The molecule has 6 nitrogen and oxygen atoms in total. The first-order chi connectivity index (χ1) is 10.4. The van der Waals surface area contributed by atoms with Crippen LogP contribution in [0.15, 0.2) is 34.9 Å². The number of aromatic nitrogens is 1. The highest BCUT2D eigenvalue weighted by Gasteiger charge is 2.29. The summed E-state index contributed by atoms with van der Waals surface area (Å²) in [5.74, 6) is -0.571. The molecule has 1 heterocycles. The van der Waals surface area contributed by atoms with Crippen LogP contribution in [-0.2, 0) is 9.53 Å². The molecule has 0 unspecified atom stereocenters. The summed E-state index contributed by atoms with van der Waals surface area (Å²) in [4.78, 5) is 26.1. The molecule has 1 amide bonds. The highest BCUT2D eigenvalue weighted by atomic mass is 16.6. The summed E-state index contributed by atoms with van der Waals surface area (Å²) in [6, 6.07) is 8.89. The number of aryl methyl sites for hydroxylation is 2. The lowest BCUT2D eigenvalue weighted by molar-refractivity contribution is -0.138. The van der Waals surface area contributed by atoms with Crippen molar-refractivity contribution in [3.05, 3.63) is 52.9 Å². The van der Waals surface area contributed by atoms with E-state index >= 15 is 0 Å². The zero-order chi connectivity index (χ0) is 16.3. The zero-order valence-electron chi connectivity index (χ0n) is 13.0. The van der Waals surface area contributed by atoms with Crippen molar-refractivity contribution < 1.29 is 18.8 Å². The summed E-state index contributed by atoms with van der Waals surface area (Å²) < 4.78 is 10.4. The number of hydrogen-bond donors (Lipinski definition) is 0. The van der Waals surface area contributed by atoms with E-state index < -0.39 is 12.1 Å².